The van der Waals surface area contributed by atoms with Crippen molar-refractivity contribution in [3.63, 3.8) is 0 Å². The van der Waals surface area contributed by atoms with Gasteiger partial charge < -0.3 is 10.1 Å². The molecule has 4 nitrogen and oxygen atoms in total. The van der Waals surface area contributed by atoms with Gasteiger partial charge in [-0.05, 0) is 44.4 Å². The Labute approximate surface area is 141 Å². The van der Waals surface area contributed by atoms with Crippen molar-refractivity contribution in [3.05, 3.63) is 35.4 Å². The van der Waals surface area contributed by atoms with Crippen LogP contribution in [0.15, 0.2) is 18.2 Å². The fourth-order valence-electron chi connectivity index (χ4n) is 3.52. The highest BCUT2D eigenvalue weighted by Gasteiger charge is 2.25. The summed E-state index contributed by atoms with van der Waals surface area (Å²) in [4.78, 5) is 14.1. The third-order valence-corrected chi connectivity index (χ3v) is 4.75. The van der Waals surface area contributed by atoms with E-state index in [2.05, 4.69) is 5.32 Å². The largest absolute Gasteiger partial charge is 0.378 e. The lowest BCUT2D eigenvalue weighted by Crippen LogP contribution is -2.48. The Hall–Kier alpha value is -1.53. The minimum absolute atomic E-state index is 0.00539. The van der Waals surface area contributed by atoms with Crippen LogP contribution in [0.2, 0.25) is 0 Å². The van der Waals surface area contributed by atoms with E-state index in [1.54, 1.807) is 0 Å². The van der Waals surface area contributed by atoms with Crippen LogP contribution in [0.4, 0.5) is 8.78 Å². The van der Waals surface area contributed by atoms with Gasteiger partial charge in [-0.2, -0.15) is 0 Å². The van der Waals surface area contributed by atoms with E-state index in [1.165, 1.54) is 18.2 Å². The third-order valence-electron chi connectivity index (χ3n) is 4.75. The summed E-state index contributed by atoms with van der Waals surface area (Å²) in [7, 11) is 0. The highest BCUT2D eigenvalue weighted by molar-refractivity contribution is 5.76. The molecule has 0 saturated carbocycles. The number of nitrogens with one attached hydrogen (secondary N) is 1. The van der Waals surface area contributed by atoms with Crippen molar-refractivity contribution in [2.75, 3.05) is 19.7 Å². The normalized spacial score (nSPS) is 24.9. The number of halogens is 2. The number of carbonyl (C=O) groups excluding carboxylic acids is 1. The van der Waals surface area contributed by atoms with Gasteiger partial charge in [-0.25, -0.2) is 8.78 Å². The van der Waals surface area contributed by atoms with Gasteiger partial charge in [-0.1, -0.05) is 6.07 Å². The Balaban J connectivity index is 1.51. The summed E-state index contributed by atoms with van der Waals surface area (Å²) in [6.07, 6.45) is 4.20. The second-order valence-electron chi connectivity index (χ2n) is 6.68. The van der Waals surface area contributed by atoms with Gasteiger partial charge in [-0.3, -0.25) is 9.69 Å². The molecule has 2 saturated heterocycles. The molecule has 1 amide bonds. The average molecular weight is 338 g/mol. The number of hydrogen-bond donors (Lipinski definition) is 1. The van der Waals surface area contributed by atoms with Crippen LogP contribution in [-0.4, -0.2) is 42.6 Å². The molecular formula is C18H24F2N2O2. The molecule has 3 rings (SSSR count). The van der Waals surface area contributed by atoms with Crippen LogP contribution < -0.4 is 5.32 Å². The minimum Gasteiger partial charge on any atom is -0.378 e. The molecule has 0 spiro atoms. The number of nitrogens with zero attached hydrogens (tertiary/aromatic N) is 1. The van der Waals surface area contributed by atoms with Crippen LogP contribution >= 0.6 is 0 Å². The van der Waals surface area contributed by atoms with Crippen LogP contribution in [-0.2, 0) is 16.1 Å². The lowest BCUT2D eigenvalue weighted by molar-refractivity contribution is -0.124. The molecule has 2 aliphatic heterocycles. The number of hydrogen-bond acceptors (Lipinski definition) is 3. The molecule has 1 N–H and O–H groups in total. The molecule has 2 fully saturated rings. The number of piperidine rings is 1. The van der Waals surface area contributed by atoms with E-state index in [0.29, 0.717) is 13.0 Å². The minimum atomic E-state index is -0.514. The number of likely N-dealkylation sites (tertiary alicyclic amines) is 1. The summed E-state index contributed by atoms with van der Waals surface area (Å²) in [5.74, 6) is -1.02. The van der Waals surface area contributed by atoms with Crippen molar-refractivity contribution in [2.24, 2.45) is 0 Å². The van der Waals surface area contributed by atoms with Gasteiger partial charge in [0.1, 0.15) is 11.6 Å². The van der Waals surface area contributed by atoms with Gasteiger partial charge in [0.15, 0.2) is 0 Å². The molecule has 0 aromatic heterocycles. The number of carbonyl (C=O) groups is 1. The molecule has 2 aliphatic rings. The smallest absolute Gasteiger partial charge is 0.222 e. The molecule has 0 bridgehead atoms. The van der Waals surface area contributed by atoms with Crippen LogP contribution in [0.25, 0.3) is 0 Å². The maximum absolute atomic E-state index is 13.8. The van der Waals surface area contributed by atoms with Gasteiger partial charge in [0, 0.05) is 31.3 Å². The summed E-state index contributed by atoms with van der Waals surface area (Å²) in [6, 6.07) is 3.97. The standard InChI is InChI=1S/C18H24F2N2O2/c19-16-6-1-7-17(20)15(16)12-22-8-2-4-13(11-22)21-18(23)10-14-5-3-9-24-14/h1,6-7,13-14H,2-5,8-12H2,(H,21,23). The molecule has 1 aromatic carbocycles. The van der Waals surface area contributed by atoms with Crippen molar-refractivity contribution < 1.29 is 18.3 Å². The Morgan fingerprint density at radius 2 is 2.04 bits per heavy atom. The van der Waals surface area contributed by atoms with E-state index in [-0.39, 0.29) is 30.2 Å². The van der Waals surface area contributed by atoms with Crippen LogP contribution in [0.5, 0.6) is 0 Å². The Kier molecular flexibility index (Phi) is 5.79. The molecule has 2 heterocycles. The van der Waals surface area contributed by atoms with Crippen molar-refractivity contribution in [1.29, 1.82) is 0 Å². The molecular weight excluding hydrogens is 314 g/mol. The summed E-state index contributed by atoms with van der Waals surface area (Å²) in [5.41, 5.74) is 0.101. The van der Waals surface area contributed by atoms with Crippen LogP contribution in [0.1, 0.15) is 37.7 Å². The summed E-state index contributed by atoms with van der Waals surface area (Å²) in [6.45, 7) is 2.37. The Morgan fingerprint density at radius 1 is 1.25 bits per heavy atom. The first-order valence-corrected chi connectivity index (χ1v) is 8.68. The topological polar surface area (TPSA) is 41.6 Å². The number of benzene rings is 1. The van der Waals surface area contributed by atoms with Crippen LogP contribution in [0.3, 0.4) is 0 Å². The fraction of sp³-hybridized carbons (Fsp3) is 0.611. The number of ether oxygens (including phenoxy) is 1. The maximum Gasteiger partial charge on any atom is 0.222 e. The molecule has 2 atom stereocenters. The molecule has 6 heteroatoms. The van der Waals surface area contributed by atoms with Crippen molar-refractivity contribution in [3.8, 4) is 0 Å². The summed E-state index contributed by atoms with van der Waals surface area (Å²) in [5, 5.41) is 3.04. The van der Waals surface area contributed by atoms with Gasteiger partial charge >= 0.3 is 0 Å². The van der Waals surface area contributed by atoms with Crippen molar-refractivity contribution in [1.82, 2.24) is 10.2 Å². The molecule has 0 radical (unpaired) electrons. The van der Waals surface area contributed by atoms with Gasteiger partial charge in [0.2, 0.25) is 5.91 Å². The Morgan fingerprint density at radius 3 is 2.75 bits per heavy atom. The zero-order chi connectivity index (χ0) is 16.9. The monoisotopic (exact) mass is 338 g/mol. The highest BCUT2D eigenvalue weighted by Crippen LogP contribution is 2.19. The average Bonchev–Trinajstić information content (AvgIpc) is 3.04. The second-order valence-corrected chi connectivity index (χ2v) is 6.68. The SMILES string of the molecule is O=C(CC1CCCO1)NC1CCCN(Cc2c(F)cccc2F)C1. The van der Waals surface area contributed by atoms with Gasteiger partial charge in [-0.15, -0.1) is 0 Å². The third kappa shape index (κ3) is 4.51. The van der Waals surface area contributed by atoms with E-state index in [0.717, 1.165) is 38.8 Å². The van der Waals surface area contributed by atoms with E-state index < -0.39 is 11.6 Å². The van der Waals surface area contributed by atoms with Crippen molar-refractivity contribution in [2.45, 2.75) is 50.8 Å². The molecule has 1 aromatic rings. The summed E-state index contributed by atoms with van der Waals surface area (Å²) < 4.78 is 33.1. The zero-order valence-corrected chi connectivity index (χ0v) is 13.8. The Bertz CT molecular complexity index is 556. The first-order valence-electron chi connectivity index (χ1n) is 8.68. The predicted octanol–water partition coefficient (Wildman–Crippen LogP) is 2.61. The van der Waals surface area contributed by atoms with E-state index in [4.69, 9.17) is 4.74 Å². The quantitative estimate of drug-likeness (QED) is 0.897. The molecule has 24 heavy (non-hydrogen) atoms. The first kappa shape index (κ1) is 17.3. The van der Waals surface area contributed by atoms with Gasteiger partial charge in [0.25, 0.3) is 0 Å². The second kappa shape index (κ2) is 8.03. The zero-order valence-electron chi connectivity index (χ0n) is 13.8. The molecule has 0 aliphatic carbocycles. The molecule has 132 valence electrons. The van der Waals surface area contributed by atoms with Gasteiger partial charge in [0.05, 0.1) is 12.5 Å². The summed E-state index contributed by atoms with van der Waals surface area (Å²) >= 11 is 0. The first-order chi connectivity index (χ1) is 11.6. The van der Waals surface area contributed by atoms with E-state index in [1.807, 2.05) is 4.90 Å². The maximum atomic E-state index is 13.8. The molecule has 2 unspecified atom stereocenters. The van der Waals surface area contributed by atoms with E-state index >= 15 is 0 Å². The number of rotatable bonds is 5. The van der Waals surface area contributed by atoms with Crippen LogP contribution in [0, 0.1) is 11.6 Å². The fourth-order valence-corrected chi connectivity index (χ4v) is 3.52. The predicted molar refractivity (Wildman–Crippen MR) is 86.4 cm³/mol. The van der Waals surface area contributed by atoms with Crippen molar-refractivity contribution >= 4 is 5.91 Å². The highest BCUT2D eigenvalue weighted by atomic mass is 19.1. The van der Waals surface area contributed by atoms with E-state index in [9.17, 15) is 13.6 Å². The number of amides is 1. The lowest BCUT2D eigenvalue weighted by Gasteiger charge is -2.33. The lowest BCUT2D eigenvalue weighted by atomic mass is 10.0.